The standard InChI is InChI=1S/C16H18N2O3/c19-16(20)13-7-8-14(18-11-13)12-17-9-4-10-21-15-5-2-1-3-6-15/h1-3,5-8,11,17H,4,9-10,12H2,(H,19,20). The molecular formula is C16H18N2O3. The van der Waals surface area contributed by atoms with E-state index in [2.05, 4.69) is 10.3 Å². The van der Waals surface area contributed by atoms with E-state index < -0.39 is 5.97 Å². The molecule has 2 aromatic rings. The average molecular weight is 286 g/mol. The minimum atomic E-state index is -0.958. The molecule has 1 heterocycles. The van der Waals surface area contributed by atoms with Crippen LogP contribution >= 0.6 is 0 Å². The summed E-state index contributed by atoms with van der Waals surface area (Å²) in [7, 11) is 0. The van der Waals surface area contributed by atoms with Gasteiger partial charge in [-0.05, 0) is 37.2 Å². The molecule has 21 heavy (non-hydrogen) atoms. The van der Waals surface area contributed by atoms with Gasteiger partial charge in [0.2, 0.25) is 0 Å². The molecule has 110 valence electrons. The lowest BCUT2D eigenvalue weighted by Gasteiger charge is -2.07. The zero-order valence-corrected chi connectivity index (χ0v) is 11.7. The van der Waals surface area contributed by atoms with Gasteiger partial charge in [0.25, 0.3) is 0 Å². The zero-order chi connectivity index (χ0) is 14.9. The molecule has 1 aromatic carbocycles. The molecule has 0 aliphatic heterocycles. The molecule has 0 saturated heterocycles. The SMILES string of the molecule is O=C(O)c1ccc(CNCCCOc2ccccc2)nc1. The molecule has 5 nitrogen and oxygen atoms in total. The number of nitrogens with one attached hydrogen (secondary N) is 1. The van der Waals surface area contributed by atoms with Gasteiger partial charge in [0.15, 0.2) is 0 Å². The number of carboxylic acids is 1. The number of carboxylic acid groups (broad SMARTS) is 1. The van der Waals surface area contributed by atoms with E-state index in [0.29, 0.717) is 13.2 Å². The monoisotopic (exact) mass is 286 g/mol. The molecule has 0 amide bonds. The average Bonchev–Trinajstić information content (AvgIpc) is 2.52. The van der Waals surface area contributed by atoms with Crippen LogP contribution in [0.15, 0.2) is 48.7 Å². The van der Waals surface area contributed by atoms with E-state index in [1.807, 2.05) is 30.3 Å². The Kier molecular flexibility index (Phi) is 5.72. The molecule has 5 heteroatoms. The van der Waals surface area contributed by atoms with Crippen molar-refractivity contribution in [3.63, 3.8) is 0 Å². The van der Waals surface area contributed by atoms with Crippen LogP contribution in [-0.4, -0.2) is 29.2 Å². The Labute approximate surface area is 123 Å². The number of hydrogen-bond acceptors (Lipinski definition) is 4. The van der Waals surface area contributed by atoms with Crippen LogP contribution in [0.5, 0.6) is 5.75 Å². The van der Waals surface area contributed by atoms with Crippen LogP contribution in [0.25, 0.3) is 0 Å². The lowest BCUT2D eigenvalue weighted by molar-refractivity contribution is 0.0696. The van der Waals surface area contributed by atoms with E-state index >= 15 is 0 Å². The first-order valence-corrected chi connectivity index (χ1v) is 6.82. The molecule has 0 atom stereocenters. The number of hydrogen-bond donors (Lipinski definition) is 2. The van der Waals surface area contributed by atoms with Gasteiger partial charge in [-0.15, -0.1) is 0 Å². The summed E-state index contributed by atoms with van der Waals surface area (Å²) in [5.41, 5.74) is 1.03. The van der Waals surface area contributed by atoms with Crippen LogP contribution in [-0.2, 0) is 6.54 Å². The normalized spacial score (nSPS) is 10.3. The number of aromatic carboxylic acids is 1. The molecule has 0 saturated carbocycles. The third kappa shape index (κ3) is 5.24. The number of ether oxygens (including phenoxy) is 1. The van der Waals surface area contributed by atoms with Crippen molar-refractivity contribution in [1.82, 2.24) is 10.3 Å². The summed E-state index contributed by atoms with van der Waals surface area (Å²) in [4.78, 5) is 14.8. The molecule has 0 fully saturated rings. The fraction of sp³-hybridized carbons (Fsp3) is 0.250. The topological polar surface area (TPSA) is 71.5 Å². The molecular weight excluding hydrogens is 268 g/mol. The van der Waals surface area contributed by atoms with Gasteiger partial charge in [0.05, 0.1) is 17.9 Å². The molecule has 0 radical (unpaired) electrons. The van der Waals surface area contributed by atoms with Crippen molar-refractivity contribution < 1.29 is 14.6 Å². The van der Waals surface area contributed by atoms with E-state index in [4.69, 9.17) is 9.84 Å². The Hall–Kier alpha value is -2.40. The zero-order valence-electron chi connectivity index (χ0n) is 11.7. The van der Waals surface area contributed by atoms with Crippen LogP contribution in [0.1, 0.15) is 22.5 Å². The maximum Gasteiger partial charge on any atom is 0.337 e. The van der Waals surface area contributed by atoms with Gasteiger partial charge >= 0.3 is 5.97 Å². The second-order valence-corrected chi connectivity index (χ2v) is 4.54. The highest BCUT2D eigenvalue weighted by Gasteiger charge is 2.02. The smallest absolute Gasteiger partial charge is 0.337 e. The third-order valence-corrected chi connectivity index (χ3v) is 2.89. The van der Waals surface area contributed by atoms with Gasteiger partial charge in [-0.3, -0.25) is 4.98 Å². The predicted octanol–water partition coefficient (Wildman–Crippen LogP) is 2.34. The van der Waals surface area contributed by atoms with Gasteiger partial charge in [0.1, 0.15) is 5.75 Å². The molecule has 0 aliphatic rings. The number of nitrogens with zero attached hydrogens (tertiary/aromatic N) is 1. The van der Waals surface area contributed by atoms with Gasteiger partial charge in [-0.25, -0.2) is 4.79 Å². The van der Waals surface area contributed by atoms with Gasteiger partial charge in [-0.1, -0.05) is 18.2 Å². The van der Waals surface area contributed by atoms with E-state index in [9.17, 15) is 4.79 Å². The first kappa shape index (κ1) is 15.0. The van der Waals surface area contributed by atoms with Crippen molar-refractivity contribution in [2.24, 2.45) is 0 Å². The van der Waals surface area contributed by atoms with Crippen molar-refractivity contribution in [2.45, 2.75) is 13.0 Å². The highest BCUT2D eigenvalue weighted by Crippen LogP contribution is 2.08. The van der Waals surface area contributed by atoms with E-state index in [-0.39, 0.29) is 5.56 Å². The van der Waals surface area contributed by atoms with Gasteiger partial charge in [-0.2, -0.15) is 0 Å². The van der Waals surface area contributed by atoms with E-state index in [1.54, 1.807) is 12.1 Å². The molecule has 1 aromatic heterocycles. The van der Waals surface area contributed by atoms with Crippen LogP contribution in [0, 0.1) is 0 Å². The first-order valence-electron chi connectivity index (χ1n) is 6.82. The summed E-state index contributed by atoms with van der Waals surface area (Å²) in [6.07, 6.45) is 2.26. The van der Waals surface area contributed by atoms with Crippen molar-refractivity contribution in [3.8, 4) is 5.75 Å². The molecule has 0 spiro atoms. The lowest BCUT2D eigenvalue weighted by atomic mass is 10.2. The van der Waals surface area contributed by atoms with Crippen LogP contribution in [0.4, 0.5) is 0 Å². The van der Waals surface area contributed by atoms with Crippen molar-refractivity contribution in [1.29, 1.82) is 0 Å². The first-order chi connectivity index (χ1) is 10.3. The Morgan fingerprint density at radius 1 is 1.19 bits per heavy atom. The predicted molar refractivity (Wildman–Crippen MR) is 79.5 cm³/mol. The number of para-hydroxylation sites is 1. The number of aromatic nitrogens is 1. The van der Waals surface area contributed by atoms with Gasteiger partial charge in [0, 0.05) is 12.7 Å². The van der Waals surface area contributed by atoms with Crippen molar-refractivity contribution in [3.05, 3.63) is 59.9 Å². The van der Waals surface area contributed by atoms with E-state index in [0.717, 1.165) is 24.4 Å². The third-order valence-electron chi connectivity index (χ3n) is 2.89. The minimum Gasteiger partial charge on any atom is -0.494 e. The Morgan fingerprint density at radius 3 is 2.67 bits per heavy atom. The lowest BCUT2D eigenvalue weighted by Crippen LogP contribution is -2.17. The summed E-state index contributed by atoms with van der Waals surface area (Å²) >= 11 is 0. The largest absolute Gasteiger partial charge is 0.494 e. The number of rotatable bonds is 8. The molecule has 0 bridgehead atoms. The Balaban J connectivity index is 1.60. The number of carbonyl (C=O) groups is 1. The highest BCUT2D eigenvalue weighted by molar-refractivity contribution is 5.87. The molecule has 0 aliphatic carbocycles. The van der Waals surface area contributed by atoms with Crippen molar-refractivity contribution in [2.75, 3.05) is 13.2 Å². The summed E-state index contributed by atoms with van der Waals surface area (Å²) < 4.78 is 5.58. The maximum atomic E-state index is 10.7. The highest BCUT2D eigenvalue weighted by atomic mass is 16.5. The molecule has 2 N–H and O–H groups in total. The minimum absolute atomic E-state index is 0.204. The Bertz CT molecular complexity index is 555. The molecule has 2 rings (SSSR count). The fourth-order valence-corrected chi connectivity index (χ4v) is 1.78. The Morgan fingerprint density at radius 2 is 2.00 bits per heavy atom. The summed E-state index contributed by atoms with van der Waals surface area (Å²) in [5, 5.41) is 12.0. The number of pyridine rings is 1. The summed E-state index contributed by atoms with van der Waals surface area (Å²) in [6, 6.07) is 13.0. The second-order valence-electron chi connectivity index (χ2n) is 4.54. The second kappa shape index (κ2) is 8.01. The fourth-order valence-electron chi connectivity index (χ4n) is 1.78. The van der Waals surface area contributed by atoms with Crippen LogP contribution < -0.4 is 10.1 Å². The van der Waals surface area contributed by atoms with E-state index in [1.165, 1.54) is 6.20 Å². The quantitative estimate of drug-likeness (QED) is 0.729. The number of benzene rings is 1. The maximum absolute atomic E-state index is 10.7. The molecule has 0 unspecified atom stereocenters. The van der Waals surface area contributed by atoms with Crippen LogP contribution in [0.2, 0.25) is 0 Å². The van der Waals surface area contributed by atoms with Crippen molar-refractivity contribution >= 4 is 5.97 Å². The summed E-state index contributed by atoms with van der Waals surface area (Å²) in [6.45, 7) is 2.09. The summed E-state index contributed by atoms with van der Waals surface area (Å²) in [5.74, 6) is -0.0801. The van der Waals surface area contributed by atoms with Gasteiger partial charge < -0.3 is 15.2 Å². The van der Waals surface area contributed by atoms with Crippen LogP contribution in [0.3, 0.4) is 0 Å².